The van der Waals surface area contributed by atoms with Crippen molar-refractivity contribution in [2.45, 2.75) is 13.8 Å². The number of Topliss-reactive ketones (excluding diaryl/α,β-unsaturated/α-hetero) is 1. The molecule has 1 N–H and O–H groups in total. The smallest absolute Gasteiger partial charge is 0.337 e. The molecule has 0 amide bonds. The highest BCUT2D eigenvalue weighted by Crippen LogP contribution is 2.26. The maximum absolute atomic E-state index is 12.2. The van der Waals surface area contributed by atoms with E-state index in [1.807, 2.05) is 13.8 Å². The normalized spacial score (nSPS) is 10.4. The fourth-order valence-corrected chi connectivity index (χ4v) is 2.59. The van der Waals surface area contributed by atoms with Crippen LogP contribution in [0.15, 0.2) is 28.7 Å². The Kier molecular flexibility index (Phi) is 5.03. The van der Waals surface area contributed by atoms with Crippen molar-refractivity contribution in [2.24, 2.45) is 0 Å². The summed E-state index contributed by atoms with van der Waals surface area (Å²) >= 11 is 3.32. The quantitative estimate of drug-likeness (QED) is 0.650. The molecule has 0 atom stereocenters. The van der Waals surface area contributed by atoms with Crippen molar-refractivity contribution in [2.75, 3.05) is 13.7 Å². The van der Waals surface area contributed by atoms with Gasteiger partial charge in [-0.1, -0.05) is 0 Å². The van der Waals surface area contributed by atoms with E-state index in [9.17, 15) is 9.59 Å². The van der Waals surface area contributed by atoms with Gasteiger partial charge in [0.1, 0.15) is 5.75 Å². The van der Waals surface area contributed by atoms with Crippen molar-refractivity contribution in [3.05, 3.63) is 51.3 Å². The highest BCUT2D eigenvalue weighted by Gasteiger charge is 2.14. The largest absolute Gasteiger partial charge is 0.484 e. The number of ether oxygens (including phenoxy) is 2. The first-order chi connectivity index (χ1) is 10.4. The number of H-pyrrole nitrogens is 1. The van der Waals surface area contributed by atoms with E-state index in [1.165, 1.54) is 7.11 Å². The first kappa shape index (κ1) is 16.3. The molecule has 0 unspecified atom stereocenters. The number of esters is 1. The molecule has 0 radical (unpaired) electrons. The topological polar surface area (TPSA) is 68.4 Å². The van der Waals surface area contributed by atoms with Gasteiger partial charge in [-0.2, -0.15) is 0 Å². The van der Waals surface area contributed by atoms with Gasteiger partial charge in [-0.3, -0.25) is 4.79 Å². The molecule has 0 spiro atoms. The molecule has 0 aliphatic heterocycles. The Morgan fingerprint density at radius 1 is 1.23 bits per heavy atom. The Bertz CT molecular complexity index is 721. The van der Waals surface area contributed by atoms with Crippen LogP contribution in [-0.2, 0) is 4.74 Å². The number of halogens is 1. The van der Waals surface area contributed by atoms with Gasteiger partial charge in [0.2, 0.25) is 5.78 Å². The molecule has 5 nitrogen and oxygen atoms in total. The summed E-state index contributed by atoms with van der Waals surface area (Å²) in [7, 11) is 1.32. The average molecular weight is 366 g/mol. The first-order valence-corrected chi connectivity index (χ1v) is 7.41. The van der Waals surface area contributed by atoms with E-state index < -0.39 is 5.97 Å². The van der Waals surface area contributed by atoms with Gasteiger partial charge in [0.05, 0.1) is 17.1 Å². The Morgan fingerprint density at radius 2 is 1.95 bits per heavy atom. The van der Waals surface area contributed by atoms with Crippen LogP contribution >= 0.6 is 15.9 Å². The minimum absolute atomic E-state index is 0.0751. The summed E-state index contributed by atoms with van der Waals surface area (Å²) in [6, 6.07) is 6.61. The van der Waals surface area contributed by atoms with Crippen molar-refractivity contribution >= 4 is 27.7 Å². The van der Waals surface area contributed by atoms with Gasteiger partial charge < -0.3 is 14.5 Å². The number of aromatic amines is 1. The second kappa shape index (κ2) is 6.79. The van der Waals surface area contributed by atoms with E-state index in [0.29, 0.717) is 21.3 Å². The molecule has 0 aliphatic rings. The monoisotopic (exact) mass is 365 g/mol. The van der Waals surface area contributed by atoms with Gasteiger partial charge in [0.25, 0.3) is 0 Å². The van der Waals surface area contributed by atoms with Crippen molar-refractivity contribution in [3.63, 3.8) is 0 Å². The van der Waals surface area contributed by atoms with Gasteiger partial charge in [0, 0.05) is 17.0 Å². The second-order valence-electron chi connectivity index (χ2n) is 4.84. The number of hydrogen-bond donors (Lipinski definition) is 1. The minimum Gasteiger partial charge on any atom is -0.484 e. The highest BCUT2D eigenvalue weighted by atomic mass is 79.9. The Balaban J connectivity index is 2.07. The number of ketones is 1. The third kappa shape index (κ3) is 3.57. The van der Waals surface area contributed by atoms with Crippen LogP contribution in [0.25, 0.3) is 0 Å². The number of hydrogen-bond acceptors (Lipinski definition) is 4. The van der Waals surface area contributed by atoms with E-state index in [4.69, 9.17) is 4.74 Å². The van der Waals surface area contributed by atoms with Crippen LogP contribution in [0, 0.1) is 13.8 Å². The lowest BCUT2D eigenvalue weighted by Gasteiger charge is -2.08. The van der Waals surface area contributed by atoms with Crippen LogP contribution < -0.4 is 4.74 Å². The number of rotatable bonds is 5. The molecule has 2 aromatic rings. The highest BCUT2D eigenvalue weighted by molar-refractivity contribution is 9.10. The van der Waals surface area contributed by atoms with Crippen molar-refractivity contribution in [3.8, 4) is 5.75 Å². The van der Waals surface area contributed by atoms with Crippen LogP contribution in [0.2, 0.25) is 0 Å². The molecule has 2 rings (SSSR count). The number of aromatic nitrogens is 1. The maximum Gasteiger partial charge on any atom is 0.337 e. The fourth-order valence-electron chi connectivity index (χ4n) is 2.10. The van der Waals surface area contributed by atoms with Crippen molar-refractivity contribution in [1.82, 2.24) is 4.98 Å². The van der Waals surface area contributed by atoms with Crippen LogP contribution in [0.1, 0.15) is 32.1 Å². The molecule has 0 fully saturated rings. The summed E-state index contributed by atoms with van der Waals surface area (Å²) in [4.78, 5) is 26.7. The average Bonchev–Trinajstić information content (AvgIpc) is 2.83. The molecule has 0 aliphatic carbocycles. The Labute approximate surface area is 136 Å². The summed E-state index contributed by atoms with van der Waals surface area (Å²) in [5.41, 5.74) is 2.79. The molecule has 0 saturated carbocycles. The predicted molar refractivity (Wildman–Crippen MR) is 85.6 cm³/mol. The SMILES string of the molecule is COC(=O)c1ccc(OCC(=O)c2cc(C)[nH]c2C)c(Br)c1. The third-order valence-corrected chi connectivity index (χ3v) is 3.78. The summed E-state index contributed by atoms with van der Waals surface area (Å²) < 4.78 is 10.8. The number of carbonyl (C=O) groups is 2. The third-order valence-electron chi connectivity index (χ3n) is 3.16. The minimum atomic E-state index is -0.429. The van der Waals surface area contributed by atoms with E-state index >= 15 is 0 Å². The van der Waals surface area contributed by atoms with Gasteiger partial charge in [-0.25, -0.2) is 4.79 Å². The molecule has 6 heteroatoms. The zero-order valence-electron chi connectivity index (χ0n) is 12.5. The molecule has 22 heavy (non-hydrogen) atoms. The predicted octanol–water partition coefficient (Wildman–Crippen LogP) is 3.44. The van der Waals surface area contributed by atoms with Gasteiger partial charge in [-0.05, 0) is 54.0 Å². The molecule has 1 aromatic heterocycles. The summed E-state index contributed by atoms with van der Waals surface area (Å²) in [6.07, 6.45) is 0. The fraction of sp³-hybridized carbons (Fsp3) is 0.250. The lowest BCUT2D eigenvalue weighted by atomic mass is 10.1. The van der Waals surface area contributed by atoms with Crippen LogP contribution in [-0.4, -0.2) is 30.5 Å². The molecule has 1 heterocycles. The lowest BCUT2D eigenvalue weighted by molar-refractivity contribution is 0.0600. The molecular weight excluding hydrogens is 350 g/mol. The van der Waals surface area contributed by atoms with E-state index in [2.05, 4.69) is 25.7 Å². The van der Waals surface area contributed by atoms with Gasteiger partial charge in [-0.15, -0.1) is 0 Å². The zero-order valence-corrected chi connectivity index (χ0v) is 14.1. The Hall–Kier alpha value is -2.08. The molecule has 116 valence electrons. The van der Waals surface area contributed by atoms with Crippen LogP contribution in [0.5, 0.6) is 5.75 Å². The summed E-state index contributed by atoms with van der Waals surface area (Å²) in [6.45, 7) is 3.67. The van der Waals surface area contributed by atoms with Gasteiger partial charge in [0.15, 0.2) is 6.61 Å². The second-order valence-corrected chi connectivity index (χ2v) is 5.69. The van der Waals surface area contributed by atoms with E-state index in [-0.39, 0.29) is 12.4 Å². The molecule has 0 saturated heterocycles. The first-order valence-electron chi connectivity index (χ1n) is 6.62. The van der Waals surface area contributed by atoms with Crippen molar-refractivity contribution in [1.29, 1.82) is 0 Å². The summed E-state index contributed by atoms with van der Waals surface area (Å²) in [5, 5.41) is 0. The van der Waals surface area contributed by atoms with E-state index in [0.717, 1.165) is 11.4 Å². The Morgan fingerprint density at radius 3 is 2.50 bits per heavy atom. The van der Waals surface area contributed by atoms with E-state index in [1.54, 1.807) is 24.3 Å². The molecule has 1 aromatic carbocycles. The molecule has 0 bridgehead atoms. The zero-order chi connectivity index (χ0) is 16.3. The standard InChI is InChI=1S/C16H16BrNO4/c1-9-6-12(10(2)18-9)14(19)8-22-15-5-4-11(7-13(15)17)16(20)21-3/h4-7,18H,8H2,1-3H3. The lowest BCUT2D eigenvalue weighted by Crippen LogP contribution is -2.12. The van der Waals surface area contributed by atoms with Crippen LogP contribution in [0.4, 0.5) is 0 Å². The summed E-state index contributed by atoms with van der Waals surface area (Å²) in [5.74, 6) is -0.0431. The van der Waals surface area contributed by atoms with Crippen LogP contribution in [0.3, 0.4) is 0 Å². The van der Waals surface area contributed by atoms with Gasteiger partial charge >= 0.3 is 5.97 Å². The molecular formula is C16H16BrNO4. The number of methoxy groups -OCH3 is 1. The number of carbonyl (C=O) groups excluding carboxylic acids is 2. The number of benzene rings is 1. The number of nitrogens with one attached hydrogen (secondary N) is 1. The maximum atomic E-state index is 12.2. The van der Waals surface area contributed by atoms with Crippen molar-refractivity contribution < 1.29 is 19.1 Å². The number of aryl methyl sites for hydroxylation is 2.